The lowest BCUT2D eigenvalue weighted by Gasteiger charge is -2.19. The molecule has 0 spiro atoms. The second-order valence-electron chi connectivity index (χ2n) is 8.94. The molecule has 2 aromatic heterocycles. The standard InChI is InChI=1S/C28H29N5/c1-6-21-10-11-22(14-19(21)4)23-12-13-24-16-32(20(5)25(24)15-23)27-9-7-8-26(30-27)28-31-29-17-33(28)18(2)3/h7-15,17-18H,5-6,16H2,1-4H3. The van der Waals surface area contributed by atoms with Gasteiger partial charge in [-0.2, -0.15) is 0 Å². The lowest BCUT2D eigenvalue weighted by atomic mass is 9.96. The van der Waals surface area contributed by atoms with Crippen LogP contribution in [0.2, 0.25) is 0 Å². The Morgan fingerprint density at radius 1 is 1.03 bits per heavy atom. The Morgan fingerprint density at radius 3 is 2.58 bits per heavy atom. The van der Waals surface area contributed by atoms with E-state index in [-0.39, 0.29) is 6.04 Å². The molecule has 1 aliphatic rings. The third kappa shape index (κ3) is 3.74. The zero-order valence-corrected chi connectivity index (χ0v) is 19.7. The van der Waals surface area contributed by atoms with E-state index in [1.54, 1.807) is 6.33 Å². The molecule has 0 atom stereocenters. The number of rotatable bonds is 5. The predicted octanol–water partition coefficient (Wildman–Crippen LogP) is 6.45. The zero-order chi connectivity index (χ0) is 23.1. The molecule has 5 rings (SSSR count). The highest BCUT2D eigenvalue weighted by Crippen LogP contribution is 2.38. The highest BCUT2D eigenvalue weighted by molar-refractivity contribution is 5.85. The second-order valence-corrected chi connectivity index (χ2v) is 8.94. The van der Waals surface area contributed by atoms with Crippen molar-refractivity contribution in [1.29, 1.82) is 0 Å². The van der Waals surface area contributed by atoms with Gasteiger partial charge in [-0.1, -0.05) is 49.9 Å². The van der Waals surface area contributed by atoms with E-state index in [9.17, 15) is 0 Å². The Morgan fingerprint density at radius 2 is 1.82 bits per heavy atom. The van der Waals surface area contributed by atoms with Crippen molar-refractivity contribution < 1.29 is 0 Å². The molecule has 0 radical (unpaired) electrons. The Labute approximate surface area is 195 Å². The average Bonchev–Trinajstić information content (AvgIpc) is 3.44. The first-order chi connectivity index (χ1) is 16.0. The fourth-order valence-corrected chi connectivity index (χ4v) is 4.57. The molecule has 5 heteroatoms. The number of aryl methyl sites for hydroxylation is 2. The summed E-state index contributed by atoms with van der Waals surface area (Å²) in [4.78, 5) is 7.11. The van der Waals surface area contributed by atoms with Gasteiger partial charge < -0.3 is 9.47 Å². The molecule has 1 aliphatic heterocycles. The lowest BCUT2D eigenvalue weighted by molar-refractivity contribution is 0.603. The average molecular weight is 436 g/mol. The van der Waals surface area contributed by atoms with Gasteiger partial charge in [0, 0.05) is 17.3 Å². The summed E-state index contributed by atoms with van der Waals surface area (Å²) >= 11 is 0. The Balaban J connectivity index is 1.46. The van der Waals surface area contributed by atoms with E-state index in [1.165, 1.54) is 33.4 Å². The molecule has 4 aromatic rings. The monoisotopic (exact) mass is 435 g/mol. The highest BCUT2D eigenvalue weighted by Gasteiger charge is 2.25. The molecule has 0 unspecified atom stereocenters. The summed E-state index contributed by atoms with van der Waals surface area (Å²) in [7, 11) is 0. The van der Waals surface area contributed by atoms with Crippen molar-refractivity contribution in [2.24, 2.45) is 0 Å². The molecule has 0 amide bonds. The zero-order valence-electron chi connectivity index (χ0n) is 19.7. The molecule has 0 fully saturated rings. The van der Waals surface area contributed by atoms with Crippen LogP contribution in [-0.4, -0.2) is 19.7 Å². The summed E-state index contributed by atoms with van der Waals surface area (Å²) in [6.45, 7) is 13.8. The molecular weight excluding hydrogens is 406 g/mol. The van der Waals surface area contributed by atoms with Crippen LogP contribution in [0.4, 0.5) is 5.82 Å². The van der Waals surface area contributed by atoms with Gasteiger partial charge in [-0.05, 0) is 73.2 Å². The molecule has 166 valence electrons. The third-order valence-electron chi connectivity index (χ3n) is 6.50. The molecule has 0 saturated carbocycles. The fraction of sp³-hybridized carbons (Fsp3) is 0.250. The molecule has 3 heterocycles. The fourth-order valence-electron chi connectivity index (χ4n) is 4.57. The van der Waals surface area contributed by atoms with Crippen molar-refractivity contribution in [3.05, 3.63) is 89.8 Å². The third-order valence-corrected chi connectivity index (χ3v) is 6.50. The maximum atomic E-state index is 4.93. The van der Waals surface area contributed by atoms with E-state index in [2.05, 4.69) is 85.8 Å². The van der Waals surface area contributed by atoms with E-state index in [0.29, 0.717) is 0 Å². The molecule has 0 aliphatic carbocycles. The van der Waals surface area contributed by atoms with Crippen molar-refractivity contribution in [3.63, 3.8) is 0 Å². The second kappa shape index (κ2) is 8.32. The van der Waals surface area contributed by atoms with Crippen LogP contribution in [0.3, 0.4) is 0 Å². The molecule has 0 bridgehead atoms. The largest absolute Gasteiger partial charge is 0.322 e. The van der Waals surface area contributed by atoms with Crippen LogP contribution < -0.4 is 4.90 Å². The summed E-state index contributed by atoms with van der Waals surface area (Å²) in [5.41, 5.74) is 9.44. The quantitative estimate of drug-likeness (QED) is 0.361. The van der Waals surface area contributed by atoms with Crippen molar-refractivity contribution in [1.82, 2.24) is 19.7 Å². The van der Waals surface area contributed by atoms with Crippen molar-refractivity contribution in [2.75, 3.05) is 4.90 Å². The maximum absolute atomic E-state index is 4.93. The molecule has 2 aromatic carbocycles. The predicted molar refractivity (Wildman–Crippen MR) is 135 cm³/mol. The van der Waals surface area contributed by atoms with Crippen LogP contribution in [-0.2, 0) is 13.0 Å². The smallest absolute Gasteiger partial charge is 0.182 e. The van der Waals surface area contributed by atoms with Gasteiger partial charge in [0.15, 0.2) is 5.82 Å². The van der Waals surface area contributed by atoms with Gasteiger partial charge in [0.2, 0.25) is 0 Å². The minimum atomic E-state index is 0.264. The van der Waals surface area contributed by atoms with Crippen molar-refractivity contribution in [3.8, 4) is 22.6 Å². The number of nitrogens with zero attached hydrogens (tertiary/aromatic N) is 5. The van der Waals surface area contributed by atoms with Gasteiger partial charge in [0.05, 0.1) is 6.54 Å². The number of hydrogen-bond acceptors (Lipinski definition) is 4. The van der Waals surface area contributed by atoms with E-state index < -0.39 is 0 Å². The molecule has 5 nitrogen and oxygen atoms in total. The van der Waals surface area contributed by atoms with E-state index in [4.69, 9.17) is 4.98 Å². The Hall–Kier alpha value is -3.73. The van der Waals surface area contributed by atoms with Gasteiger partial charge >= 0.3 is 0 Å². The summed E-state index contributed by atoms with van der Waals surface area (Å²) < 4.78 is 2.04. The van der Waals surface area contributed by atoms with Crippen molar-refractivity contribution >= 4 is 11.5 Å². The van der Waals surface area contributed by atoms with Gasteiger partial charge in [0.25, 0.3) is 0 Å². The first-order valence-corrected chi connectivity index (χ1v) is 11.5. The molecule has 0 N–H and O–H groups in total. The number of pyridine rings is 1. The molecule has 0 saturated heterocycles. The van der Waals surface area contributed by atoms with Crippen LogP contribution in [0.25, 0.3) is 28.3 Å². The van der Waals surface area contributed by atoms with Crippen LogP contribution >= 0.6 is 0 Å². The number of aromatic nitrogens is 4. The molecular formula is C28H29N5. The minimum absolute atomic E-state index is 0.264. The number of fused-ring (bicyclic) bond motifs is 1. The topological polar surface area (TPSA) is 46.8 Å². The van der Waals surface area contributed by atoms with Crippen LogP contribution in [0, 0.1) is 6.92 Å². The first kappa shape index (κ1) is 21.1. The van der Waals surface area contributed by atoms with Crippen LogP contribution in [0.5, 0.6) is 0 Å². The highest BCUT2D eigenvalue weighted by atomic mass is 15.3. The maximum Gasteiger partial charge on any atom is 0.182 e. The normalized spacial score (nSPS) is 13.1. The van der Waals surface area contributed by atoms with Gasteiger partial charge in [0.1, 0.15) is 17.8 Å². The Bertz CT molecular complexity index is 1350. The van der Waals surface area contributed by atoms with Gasteiger partial charge in [-0.3, -0.25) is 0 Å². The summed E-state index contributed by atoms with van der Waals surface area (Å²) in [5, 5.41) is 8.40. The Kier molecular flexibility index (Phi) is 5.33. The summed E-state index contributed by atoms with van der Waals surface area (Å²) in [5.74, 6) is 1.65. The summed E-state index contributed by atoms with van der Waals surface area (Å²) in [6, 6.07) is 19.7. The minimum Gasteiger partial charge on any atom is -0.322 e. The number of hydrogen-bond donors (Lipinski definition) is 0. The van der Waals surface area contributed by atoms with E-state index in [1.807, 2.05) is 22.8 Å². The lowest BCUT2D eigenvalue weighted by Crippen LogP contribution is -2.15. The SMILES string of the molecule is C=C1c2cc(-c3ccc(CC)c(C)c3)ccc2CN1c1cccc(-c2nncn2C(C)C)n1. The van der Waals surface area contributed by atoms with Crippen molar-refractivity contribution in [2.45, 2.75) is 46.7 Å². The van der Waals surface area contributed by atoms with Gasteiger partial charge in [-0.25, -0.2) is 4.98 Å². The van der Waals surface area contributed by atoms with Crippen LogP contribution in [0.1, 0.15) is 49.1 Å². The summed E-state index contributed by atoms with van der Waals surface area (Å²) in [6.07, 6.45) is 2.82. The number of benzene rings is 2. The van der Waals surface area contributed by atoms with E-state index >= 15 is 0 Å². The van der Waals surface area contributed by atoms with Gasteiger partial charge in [-0.15, -0.1) is 10.2 Å². The van der Waals surface area contributed by atoms with Crippen LogP contribution in [0.15, 0.2) is 67.5 Å². The number of anilines is 1. The molecule has 33 heavy (non-hydrogen) atoms. The van der Waals surface area contributed by atoms with E-state index in [0.717, 1.165) is 36.0 Å². The first-order valence-electron chi connectivity index (χ1n) is 11.5.